The lowest BCUT2D eigenvalue weighted by molar-refractivity contribution is 0.0954. The lowest BCUT2D eigenvalue weighted by Gasteiger charge is -2.06. The summed E-state index contributed by atoms with van der Waals surface area (Å²) in [4.78, 5) is 20.3. The van der Waals surface area contributed by atoms with Crippen LogP contribution in [0.1, 0.15) is 27.3 Å². The van der Waals surface area contributed by atoms with Crippen LogP contribution in [0, 0.1) is 13.8 Å². The van der Waals surface area contributed by atoms with Gasteiger partial charge in [-0.2, -0.15) is 5.10 Å². The van der Waals surface area contributed by atoms with Crippen LogP contribution < -0.4 is 5.32 Å². The van der Waals surface area contributed by atoms with Gasteiger partial charge in [0.1, 0.15) is 0 Å². The van der Waals surface area contributed by atoms with Gasteiger partial charge in [-0.3, -0.25) is 9.78 Å². The van der Waals surface area contributed by atoms with Gasteiger partial charge >= 0.3 is 0 Å². The molecule has 0 aliphatic rings. The van der Waals surface area contributed by atoms with Gasteiger partial charge < -0.3 is 5.32 Å². The van der Waals surface area contributed by atoms with Gasteiger partial charge in [0.25, 0.3) is 5.91 Å². The Balaban J connectivity index is 1.68. The third-order valence-corrected chi connectivity index (χ3v) is 3.91. The molecule has 0 spiro atoms. The molecule has 1 amide bonds. The summed E-state index contributed by atoms with van der Waals surface area (Å²) in [7, 11) is 0. The van der Waals surface area contributed by atoms with Crippen molar-refractivity contribution in [3.63, 3.8) is 0 Å². The second-order valence-corrected chi connectivity index (χ2v) is 5.49. The molecule has 6 heteroatoms. The molecule has 6 nitrogen and oxygen atoms in total. The summed E-state index contributed by atoms with van der Waals surface area (Å²) in [5.74, 6) is 0.704. The number of aryl methyl sites for hydroxylation is 1. The van der Waals surface area contributed by atoms with Crippen molar-refractivity contribution in [2.24, 2.45) is 0 Å². The van der Waals surface area contributed by atoms with Crippen molar-refractivity contribution in [1.82, 2.24) is 25.1 Å². The zero-order valence-electron chi connectivity index (χ0n) is 13.7. The highest BCUT2D eigenvalue weighted by molar-refractivity contribution is 5.93. The molecule has 0 atom stereocenters. The molecular formula is C18H19N5O. The van der Waals surface area contributed by atoms with Crippen LogP contribution in [0.15, 0.2) is 48.9 Å². The summed E-state index contributed by atoms with van der Waals surface area (Å²) < 4.78 is 1.84. The lowest BCUT2D eigenvalue weighted by Crippen LogP contribution is -2.25. The fourth-order valence-corrected chi connectivity index (χ4v) is 2.65. The Morgan fingerprint density at radius 1 is 1.12 bits per heavy atom. The summed E-state index contributed by atoms with van der Waals surface area (Å²) in [5, 5.41) is 7.50. The maximum atomic E-state index is 12.1. The van der Waals surface area contributed by atoms with Crippen LogP contribution in [-0.4, -0.2) is 32.2 Å². The van der Waals surface area contributed by atoms with Crippen LogP contribution in [0.25, 0.3) is 5.82 Å². The van der Waals surface area contributed by atoms with Crippen LogP contribution in [0.2, 0.25) is 0 Å². The predicted molar refractivity (Wildman–Crippen MR) is 91.1 cm³/mol. The Labute approximate surface area is 140 Å². The highest BCUT2D eigenvalue weighted by Crippen LogP contribution is 2.16. The van der Waals surface area contributed by atoms with Gasteiger partial charge in [-0.25, -0.2) is 9.67 Å². The lowest BCUT2D eigenvalue weighted by atomic mass is 10.1. The maximum Gasteiger partial charge on any atom is 0.251 e. The number of aromatic nitrogens is 4. The molecule has 0 aliphatic carbocycles. The highest BCUT2D eigenvalue weighted by Gasteiger charge is 2.13. The summed E-state index contributed by atoms with van der Waals surface area (Å²) in [6.45, 7) is 4.55. The third-order valence-electron chi connectivity index (χ3n) is 3.91. The fraction of sp³-hybridized carbons (Fsp3) is 0.222. The molecule has 0 aromatic carbocycles. The van der Waals surface area contributed by atoms with E-state index < -0.39 is 0 Å². The van der Waals surface area contributed by atoms with Gasteiger partial charge in [0.15, 0.2) is 5.82 Å². The zero-order chi connectivity index (χ0) is 16.9. The Bertz CT molecular complexity index is 827. The Morgan fingerprint density at radius 3 is 2.62 bits per heavy atom. The molecule has 0 radical (unpaired) electrons. The SMILES string of the molecule is Cc1nn(-c2ccccn2)c(C)c1CCNC(=O)c1ccncc1. The number of nitrogens with one attached hydrogen (secondary N) is 1. The van der Waals surface area contributed by atoms with Crippen LogP contribution in [0.5, 0.6) is 0 Å². The number of hydrogen-bond donors (Lipinski definition) is 1. The van der Waals surface area contributed by atoms with E-state index in [1.165, 1.54) is 0 Å². The Kier molecular flexibility index (Phi) is 4.65. The van der Waals surface area contributed by atoms with Crippen LogP contribution in [-0.2, 0) is 6.42 Å². The van der Waals surface area contributed by atoms with E-state index in [1.54, 1.807) is 30.7 Å². The first-order chi connectivity index (χ1) is 11.7. The molecule has 3 aromatic rings. The van der Waals surface area contributed by atoms with Crippen molar-refractivity contribution in [2.45, 2.75) is 20.3 Å². The normalized spacial score (nSPS) is 10.6. The quantitative estimate of drug-likeness (QED) is 0.782. The third kappa shape index (κ3) is 3.32. The van der Waals surface area contributed by atoms with Gasteiger partial charge in [0.05, 0.1) is 5.69 Å². The van der Waals surface area contributed by atoms with Gasteiger partial charge in [-0.15, -0.1) is 0 Å². The smallest absolute Gasteiger partial charge is 0.251 e. The van der Waals surface area contributed by atoms with Crippen LogP contribution in [0.4, 0.5) is 0 Å². The minimum Gasteiger partial charge on any atom is -0.352 e. The molecule has 3 heterocycles. The second kappa shape index (κ2) is 7.04. The molecule has 3 rings (SSSR count). The van der Waals surface area contributed by atoms with E-state index in [2.05, 4.69) is 20.4 Å². The van der Waals surface area contributed by atoms with Crippen molar-refractivity contribution in [3.8, 4) is 5.82 Å². The average Bonchev–Trinajstić information content (AvgIpc) is 2.91. The molecule has 0 saturated carbocycles. The number of carbonyl (C=O) groups excluding carboxylic acids is 1. The van der Waals surface area contributed by atoms with E-state index in [-0.39, 0.29) is 5.91 Å². The van der Waals surface area contributed by atoms with Crippen molar-refractivity contribution in [3.05, 3.63) is 71.4 Å². The van der Waals surface area contributed by atoms with Crippen molar-refractivity contribution in [2.75, 3.05) is 6.54 Å². The first kappa shape index (κ1) is 15.9. The topological polar surface area (TPSA) is 72.7 Å². The van der Waals surface area contributed by atoms with E-state index in [0.29, 0.717) is 12.1 Å². The van der Waals surface area contributed by atoms with Crippen molar-refractivity contribution < 1.29 is 4.79 Å². The van der Waals surface area contributed by atoms with Gasteiger partial charge in [0, 0.05) is 36.4 Å². The first-order valence-electron chi connectivity index (χ1n) is 7.81. The number of nitrogens with zero attached hydrogens (tertiary/aromatic N) is 4. The van der Waals surface area contributed by atoms with E-state index >= 15 is 0 Å². The molecule has 0 bridgehead atoms. The standard InChI is InChI=1S/C18H19N5O/c1-13-16(8-12-21-18(24)15-6-10-19-11-7-15)14(2)23(22-13)17-5-3-4-9-20-17/h3-7,9-11H,8,12H2,1-2H3,(H,21,24). The Morgan fingerprint density at radius 2 is 1.92 bits per heavy atom. The van der Waals surface area contributed by atoms with Crippen LogP contribution in [0.3, 0.4) is 0 Å². The minimum absolute atomic E-state index is 0.0928. The number of carbonyl (C=O) groups is 1. The molecule has 0 unspecified atom stereocenters. The summed E-state index contributed by atoms with van der Waals surface area (Å²) >= 11 is 0. The van der Waals surface area contributed by atoms with E-state index in [1.807, 2.05) is 36.7 Å². The first-order valence-corrected chi connectivity index (χ1v) is 7.81. The molecule has 0 fully saturated rings. The molecule has 24 heavy (non-hydrogen) atoms. The number of pyridine rings is 2. The van der Waals surface area contributed by atoms with E-state index in [0.717, 1.165) is 29.2 Å². The van der Waals surface area contributed by atoms with E-state index in [4.69, 9.17) is 0 Å². The van der Waals surface area contributed by atoms with Crippen molar-refractivity contribution in [1.29, 1.82) is 0 Å². The minimum atomic E-state index is -0.0928. The molecule has 1 N–H and O–H groups in total. The largest absolute Gasteiger partial charge is 0.352 e. The molecule has 0 aliphatic heterocycles. The van der Waals surface area contributed by atoms with Gasteiger partial charge in [-0.1, -0.05) is 6.07 Å². The maximum absolute atomic E-state index is 12.1. The summed E-state index contributed by atoms with van der Waals surface area (Å²) in [6.07, 6.45) is 5.70. The molecule has 0 saturated heterocycles. The average molecular weight is 321 g/mol. The molecule has 122 valence electrons. The van der Waals surface area contributed by atoms with E-state index in [9.17, 15) is 4.79 Å². The van der Waals surface area contributed by atoms with Gasteiger partial charge in [-0.05, 0) is 50.1 Å². The van der Waals surface area contributed by atoms with Crippen molar-refractivity contribution >= 4 is 5.91 Å². The fourth-order valence-electron chi connectivity index (χ4n) is 2.65. The van der Waals surface area contributed by atoms with Gasteiger partial charge in [0.2, 0.25) is 0 Å². The van der Waals surface area contributed by atoms with Crippen LogP contribution >= 0.6 is 0 Å². The zero-order valence-corrected chi connectivity index (χ0v) is 13.7. The number of rotatable bonds is 5. The molecule has 3 aromatic heterocycles. The summed E-state index contributed by atoms with van der Waals surface area (Å²) in [6, 6.07) is 9.14. The molecular weight excluding hydrogens is 302 g/mol. The number of hydrogen-bond acceptors (Lipinski definition) is 4. The Hall–Kier alpha value is -3.02. The summed E-state index contributed by atoms with van der Waals surface area (Å²) in [5.41, 5.74) is 3.75. The predicted octanol–water partition coefficient (Wildman–Crippen LogP) is 2.25. The number of amides is 1. The second-order valence-electron chi connectivity index (χ2n) is 5.49. The highest BCUT2D eigenvalue weighted by atomic mass is 16.1. The monoisotopic (exact) mass is 321 g/mol.